The molecule has 0 atom stereocenters. The quantitative estimate of drug-likeness (QED) is 0.234. The lowest BCUT2D eigenvalue weighted by Crippen LogP contribution is -2.44. The molecule has 0 saturated heterocycles. The van der Waals surface area contributed by atoms with E-state index in [0.29, 0.717) is 18.7 Å². The fourth-order valence-corrected chi connectivity index (χ4v) is 5.67. The van der Waals surface area contributed by atoms with E-state index in [1.54, 1.807) is 6.07 Å². The Kier molecular flexibility index (Phi) is 10.5. The average Bonchev–Trinajstić information content (AvgIpc) is 2.96. The van der Waals surface area contributed by atoms with Crippen molar-refractivity contribution in [2.75, 3.05) is 39.1 Å². The molecule has 0 aliphatic heterocycles. The first kappa shape index (κ1) is 30.2. The Hall–Kier alpha value is -3.75. The van der Waals surface area contributed by atoms with Crippen LogP contribution in [0.4, 0.5) is 11.4 Å². The van der Waals surface area contributed by atoms with Gasteiger partial charge in [0.1, 0.15) is 5.69 Å². The van der Waals surface area contributed by atoms with Crippen molar-refractivity contribution in [3.8, 4) is 11.1 Å². The maximum Gasteiger partial charge on any atom is 0.293 e. The van der Waals surface area contributed by atoms with E-state index in [-0.39, 0.29) is 28.6 Å². The molecule has 218 valence electrons. The predicted molar refractivity (Wildman–Crippen MR) is 166 cm³/mol. The number of anilines is 1. The van der Waals surface area contributed by atoms with Crippen LogP contribution in [0.5, 0.6) is 0 Å². The van der Waals surface area contributed by atoms with Gasteiger partial charge >= 0.3 is 0 Å². The summed E-state index contributed by atoms with van der Waals surface area (Å²) in [4.78, 5) is 31.4. The lowest BCUT2D eigenvalue weighted by Gasteiger charge is -2.36. The summed E-state index contributed by atoms with van der Waals surface area (Å²) in [5.74, 6) is 0.111. The number of carbonyl (C=O) groups is 1. The Bertz CT molecular complexity index is 1310. The topological polar surface area (TPSA) is 96.0 Å². The molecule has 8 heteroatoms. The molecule has 1 saturated carbocycles. The highest BCUT2D eigenvalue weighted by Gasteiger charge is 2.28. The Morgan fingerprint density at radius 1 is 0.878 bits per heavy atom. The highest BCUT2D eigenvalue weighted by Crippen LogP contribution is 2.33. The maximum atomic E-state index is 13.6. The first-order valence-corrected chi connectivity index (χ1v) is 14.5. The first-order valence-electron chi connectivity index (χ1n) is 14.5. The lowest BCUT2D eigenvalue weighted by molar-refractivity contribution is -0.384. The maximum absolute atomic E-state index is 13.6. The third-order valence-electron chi connectivity index (χ3n) is 8.00. The van der Waals surface area contributed by atoms with E-state index < -0.39 is 0 Å². The van der Waals surface area contributed by atoms with Gasteiger partial charge in [0.05, 0.1) is 11.3 Å². The fourth-order valence-electron chi connectivity index (χ4n) is 5.67. The smallest absolute Gasteiger partial charge is 0.293 e. The van der Waals surface area contributed by atoms with Gasteiger partial charge in [0.15, 0.2) is 0 Å². The van der Waals surface area contributed by atoms with Crippen molar-refractivity contribution in [1.29, 1.82) is 0 Å². The molecular weight excluding hydrogens is 514 g/mol. The van der Waals surface area contributed by atoms with Crippen molar-refractivity contribution in [1.82, 2.24) is 9.80 Å². The monoisotopic (exact) mass is 557 g/mol. The Balaban J connectivity index is 1.56. The number of amides is 1. The fraction of sp³-hybridized carbons (Fsp3) is 0.424. The van der Waals surface area contributed by atoms with Crippen LogP contribution >= 0.6 is 0 Å². The van der Waals surface area contributed by atoms with Crippen molar-refractivity contribution in [2.45, 2.75) is 57.2 Å². The Morgan fingerprint density at radius 2 is 1.56 bits per heavy atom. The van der Waals surface area contributed by atoms with Crippen LogP contribution in [-0.4, -0.2) is 66.9 Å². The normalized spacial score (nSPS) is 16.9. The number of nitrogens with two attached hydrogens (primary N) is 1. The van der Waals surface area contributed by atoms with Crippen LogP contribution in [0.15, 0.2) is 72.8 Å². The van der Waals surface area contributed by atoms with E-state index in [9.17, 15) is 14.9 Å². The molecule has 8 nitrogen and oxygen atoms in total. The summed E-state index contributed by atoms with van der Waals surface area (Å²) in [6, 6.07) is 23.7. The largest absolute Gasteiger partial charge is 0.369 e. The molecule has 0 spiro atoms. The molecule has 1 aliphatic rings. The van der Waals surface area contributed by atoms with E-state index in [2.05, 4.69) is 11.0 Å². The van der Waals surface area contributed by atoms with Crippen LogP contribution in [0.25, 0.3) is 11.1 Å². The van der Waals surface area contributed by atoms with Crippen molar-refractivity contribution in [3.05, 3.63) is 94.0 Å². The van der Waals surface area contributed by atoms with Crippen molar-refractivity contribution in [3.63, 3.8) is 0 Å². The summed E-state index contributed by atoms with van der Waals surface area (Å²) in [6.45, 7) is 2.14. The van der Waals surface area contributed by atoms with Crippen LogP contribution in [0.3, 0.4) is 0 Å². The molecule has 4 rings (SSSR count). The summed E-state index contributed by atoms with van der Waals surface area (Å²) < 4.78 is 0. The SMILES string of the molecule is CN(C)CCCN(C)c1ccc(-c2cccc(CN(C(=O)Cc3ccccc3)C3CCC(N)CC3)c2)cc1[N+](=O)[O-]. The summed E-state index contributed by atoms with van der Waals surface area (Å²) in [5, 5.41) is 12.0. The van der Waals surface area contributed by atoms with Gasteiger partial charge < -0.3 is 20.4 Å². The molecule has 3 aromatic carbocycles. The summed E-state index contributed by atoms with van der Waals surface area (Å²) in [7, 11) is 5.94. The van der Waals surface area contributed by atoms with Gasteiger partial charge in [0, 0.05) is 38.3 Å². The van der Waals surface area contributed by atoms with Gasteiger partial charge in [0.25, 0.3) is 5.69 Å². The molecule has 0 heterocycles. The van der Waals surface area contributed by atoms with E-state index in [1.165, 1.54) is 0 Å². The number of nitro groups is 1. The van der Waals surface area contributed by atoms with Crippen LogP contribution in [0, 0.1) is 10.1 Å². The van der Waals surface area contributed by atoms with Gasteiger partial charge in [-0.05, 0) is 87.1 Å². The molecule has 0 unspecified atom stereocenters. The van der Waals surface area contributed by atoms with Gasteiger partial charge in [-0.2, -0.15) is 0 Å². The summed E-state index contributed by atoms with van der Waals surface area (Å²) >= 11 is 0. The van der Waals surface area contributed by atoms with Crippen LogP contribution in [0.2, 0.25) is 0 Å². The van der Waals surface area contributed by atoms with Gasteiger partial charge in [-0.25, -0.2) is 0 Å². The average molecular weight is 558 g/mol. The van der Waals surface area contributed by atoms with Crippen LogP contribution in [-0.2, 0) is 17.8 Å². The van der Waals surface area contributed by atoms with Gasteiger partial charge in [-0.1, -0.05) is 54.6 Å². The van der Waals surface area contributed by atoms with E-state index in [1.807, 2.05) is 91.6 Å². The first-order chi connectivity index (χ1) is 19.7. The molecular formula is C33H43N5O3. The molecule has 0 radical (unpaired) electrons. The number of carbonyl (C=O) groups excluding carboxylic acids is 1. The molecule has 0 aromatic heterocycles. The van der Waals surface area contributed by atoms with Gasteiger partial charge in [-0.3, -0.25) is 14.9 Å². The van der Waals surface area contributed by atoms with Crippen LogP contribution < -0.4 is 10.6 Å². The zero-order chi connectivity index (χ0) is 29.4. The molecule has 1 amide bonds. The van der Waals surface area contributed by atoms with Crippen molar-refractivity contribution >= 4 is 17.3 Å². The zero-order valence-corrected chi connectivity index (χ0v) is 24.5. The van der Waals surface area contributed by atoms with Crippen molar-refractivity contribution < 1.29 is 9.72 Å². The van der Waals surface area contributed by atoms with Gasteiger partial charge in [-0.15, -0.1) is 0 Å². The third kappa shape index (κ3) is 8.38. The van der Waals surface area contributed by atoms with Crippen LogP contribution in [0.1, 0.15) is 43.2 Å². The zero-order valence-electron chi connectivity index (χ0n) is 24.5. The second-order valence-corrected chi connectivity index (χ2v) is 11.5. The van der Waals surface area contributed by atoms with Crippen molar-refractivity contribution in [2.24, 2.45) is 5.73 Å². The molecule has 41 heavy (non-hydrogen) atoms. The van der Waals surface area contributed by atoms with E-state index in [0.717, 1.165) is 67.4 Å². The highest BCUT2D eigenvalue weighted by molar-refractivity contribution is 5.79. The number of benzene rings is 3. The minimum absolute atomic E-state index is 0.0958. The predicted octanol–water partition coefficient (Wildman–Crippen LogP) is 5.49. The minimum Gasteiger partial charge on any atom is -0.369 e. The number of nitro benzene ring substituents is 1. The summed E-state index contributed by atoms with van der Waals surface area (Å²) in [5.41, 5.74) is 10.6. The number of rotatable bonds is 12. The second kappa shape index (κ2) is 14.2. The molecule has 1 fully saturated rings. The lowest BCUT2D eigenvalue weighted by atomic mass is 9.90. The second-order valence-electron chi connectivity index (χ2n) is 11.5. The van der Waals surface area contributed by atoms with Gasteiger partial charge in [0.2, 0.25) is 5.91 Å². The third-order valence-corrected chi connectivity index (χ3v) is 8.00. The minimum atomic E-state index is -0.303. The highest BCUT2D eigenvalue weighted by atomic mass is 16.6. The number of hydrogen-bond donors (Lipinski definition) is 1. The summed E-state index contributed by atoms with van der Waals surface area (Å²) in [6.07, 6.45) is 4.91. The molecule has 2 N–H and O–H groups in total. The molecule has 3 aromatic rings. The Morgan fingerprint density at radius 3 is 2.24 bits per heavy atom. The molecule has 1 aliphatic carbocycles. The van der Waals surface area contributed by atoms with E-state index in [4.69, 9.17) is 5.73 Å². The number of nitrogens with zero attached hydrogens (tertiary/aromatic N) is 4. The Labute approximate surface area is 243 Å². The van der Waals surface area contributed by atoms with E-state index >= 15 is 0 Å². The number of hydrogen-bond acceptors (Lipinski definition) is 6. The molecule has 0 bridgehead atoms. The standard InChI is InChI=1S/C33H43N5O3/c1-35(2)19-8-20-36(3)31-18-13-28(23-32(31)38(40)41)27-12-7-11-26(21-27)24-37(30-16-14-29(34)15-17-30)33(39)22-25-9-5-4-6-10-25/h4-7,9-13,18,21,23,29-30H,8,14-17,19-20,22,24,34H2,1-3H3.